The van der Waals surface area contributed by atoms with E-state index in [0.717, 1.165) is 35.6 Å². The van der Waals surface area contributed by atoms with Gasteiger partial charge in [-0.1, -0.05) is 44.2 Å². The van der Waals surface area contributed by atoms with Crippen molar-refractivity contribution in [1.82, 2.24) is 4.98 Å². The van der Waals surface area contributed by atoms with Crippen molar-refractivity contribution in [1.29, 1.82) is 0 Å². The summed E-state index contributed by atoms with van der Waals surface area (Å²) in [5.41, 5.74) is 4.08. The fourth-order valence-corrected chi connectivity index (χ4v) is 5.43. The second-order valence-electron chi connectivity index (χ2n) is 9.47. The smallest absolute Gasteiger partial charge is 0.311 e. The maximum Gasteiger partial charge on any atom is 0.311 e. The minimum atomic E-state index is -0.341. The molecular weight excluding hydrogens is 489 g/mol. The number of nitrogens with zero attached hydrogens (tertiary/aromatic N) is 1. The van der Waals surface area contributed by atoms with Gasteiger partial charge >= 0.3 is 5.97 Å². The Morgan fingerprint density at radius 3 is 2.65 bits per heavy atom. The Balaban J connectivity index is 1.30. The molecule has 0 unspecified atom stereocenters. The Bertz CT molecular complexity index is 1190. The third-order valence-corrected chi connectivity index (χ3v) is 7.52. The number of nitrogens with one attached hydrogen (secondary N) is 2. The summed E-state index contributed by atoms with van der Waals surface area (Å²) < 4.78 is 18.9. The minimum absolute atomic E-state index is 0.0816. The number of carbonyl (C=O) groups is 2. The van der Waals surface area contributed by atoms with Gasteiger partial charge in [-0.15, -0.1) is 11.3 Å². The van der Waals surface area contributed by atoms with Crippen LogP contribution >= 0.6 is 11.3 Å². The van der Waals surface area contributed by atoms with E-state index < -0.39 is 0 Å². The zero-order chi connectivity index (χ0) is 26.0. The molecule has 1 aromatic heterocycles. The molecular formula is C29H34FN3O3S. The number of esters is 1. The van der Waals surface area contributed by atoms with Gasteiger partial charge in [-0.25, -0.2) is 9.37 Å². The van der Waals surface area contributed by atoms with Gasteiger partial charge in [0.15, 0.2) is 5.13 Å². The molecule has 6 nitrogen and oxygen atoms in total. The van der Waals surface area contributed by atoms with Crippen LogP contribution in [0.5, 0.6) is 0 Å². The molecule has 2 N–H and O–H groups in total. The van der Waals surface area contributed by atoms with E-state index in [0.29, 0.717) is 29.5 Å². The predicted octanol–water partition coefficient (Wildman–Crippen LogP) is 6.77. The van der Waals surface area contributed by atoms with Crippen LogP contribution < -0.4 is 10.6 Å². The molecule has 37 heavy (non-hydrogen) atoms. The van der Waals surface area contributed by atoms with E-state index in [1.165, 1.54) is 49.5 Å². The first-order valence-electron chi connectivity index (χ1n) is 13.0. The highest BCUT2D eigenvalue weighted by Gasteiger charge is 2.15. The lowest BCUT2D eigenvalue weighted by atomic mass is 9.85. The maximum absolute atomic E-state index is 14.0. The molecule has 0 radical (unpaired) electrons. The van der Waals surface area contributed by atoms with E-state index in [1.54, 1.807) is 30.5 Å². The molecule has 1 saturated carbocycles. The molecule has 0 atom stereocenters. The normalized spacial score (nSPS) is 13.8. The fraction of sp³-hybridized carbons (Fsp3) is 0.414. The van der Waals surface area contributed by atoms with Gasteiger partial charge in [0.25, 0.3) is 5.91 Å². The predicted molar refractivity (Wildman–Crippen MR) is 145 cm³/mol. The Labute approximate surface area is 221 Å². The highest BCUT2D eigenvalue weighted by atomic mass is 32.1. The summed E-state index contributed by atoms with van der Waals surface area (Å²) in [4.78, 5) is 28.5. The quantitative estimate of drug-likeness (QED) is 0.271. The highest BCUT2D eigenvalue weighted by molar-refractivity contribution is 7.14. The van der Waals surface area contributed by atoms with Crippen molar-refractivity contribution in [3.05, 3.63) is 76.0 Å². The van der Waals surface area contributed by atoms with Crippen LogP contribution in [0.1, 0.15) is 72.6 Å². The van der Waals surface area contributed by atoms with Gasteiger partial charge in [-0.3, -0.25) is 14.9 Å². The standard InChI is InChI=1S/C29H34FN3O3S/c1-2-36-27(34)17-25-19-37-29(32-25)33-28(35)22-11-9-21(10-12-22)18-31-26-15-14-24(30)16-23(26)13-8-20-6-4-3-5-7-20/h9-12,14-16,19-20,31H,2-8,13,17-18H2,1H3,(H,32,33,35). The first kappa shape index (κ1) is 26.8. The molecule has 0 aliphatic heterocycles. The van der Waals surface area contributed by atoms with Gasteiger partial charge in [0.2, 0.25) is 0 Å². The van der Waals surface area contributed by atoms with Gasteiger partial charge in [-0.05, 0) is 67.1 Å². The van der Waals surface area contributed by atoms with Crippen LogP contribution in [0.2, 0.25) is 0 Å². The number of thiazole rings is 1. The van der Waals surface area contributed by atoms with Crippen LogP contribution in [0, 0.1) is 11.7 Å². The van der Waals surface area contributed by atoms with E-state index in [2.05, 4.69) is 15.6 Å². The Hall–Kier alpha value is -3.26. The molecule has 2 aromatic carbocycles. The Morgan fingerprint density at radius 2 is 1.89 bits per heavy atom. The maximum atomic E-state index is 14.0. The summed E-state index contributed by atoms with van der Waals surface area (Å²) in [5, 5.41) is 8.40. The van der Waals surface area contributed by atoms with Crippen molar-refractivity contribution in [3.63, 3.8) is 0 Å². The van der Waals surface area contributed by atoms with Crippen molar-refractivity contribution in [2.45, 2.75) is 64.8 Å². The van der Waals surface area contributed by atoms with Crippen molar-refractivity contribution < 1.29 is 18.7 Å². The number of ether oxygens (including phenoxy) is 1. The number of anilines is 2. The molecule has 0 saturated heterocycles. The van der Waals surface area contributed by atoms with Crippen LogP contribution in [0.25, 0.3) is 0 Å². The number of carbonyl (C=O) groups excluding carboxylic acids is 2. The van der Waals surface area contributed by atoms with E-state index in [9.17, 15) is 14.0 Å². The van der Waals surface area contributed by atoms with E-state index in [1.807, 2.05) is 18.2 Å². The molecule has 196 valence electrons. The molecule has 4 rings (SSSR count). The Kier molecular flexibility index (Phi) is 9.65. The lowest BCUT2D eigenvalue weighted by Crippen LogP contribution is -2.12. The third-order valence-electron chi connectivity index (χ3n) is 6.72. The minimum Gasteiger partial charge on any atom is -0.466 e. The molecule has 1 amide bonds. The number of halogens is 1. The summed E-state index contributed by atoms with van der Waals surface area (Å²) in [5.74, 6) is -0.0585. The summed E-state index contributed by atoms with van der Waals surface area (Å²) in [6, 6.07) is 12.3. The molecule has 0 bridgehead atoms. The second kappa shape index (κ2) is 13.3. The first-order chi connectivity index (χ1) is 18.0. The lowest BCUT2D eigenvalue weighted by molar-refractivity contribution is -0.142. The van der Waals surface area contributed by atoms with E-state index in [4.69, 9.17) is 4.74 Å². The monoisotopic (exact) mass is 523 g/mol. The summed E-state index contributed by atoms with van der Waals surface area (Å²) in [7, 11) is 0. The van der Waals surface area contributed by atoms with Gasteiger partial charge in [0.05, 0.1) is 18.7 Å². The third kappa shape index (κ3) is 8.12. The first-order valence-corrected chi connectivity index (χ1v) is 13.9. The van der Waals surface area contributed by atoms with Crippen molar-refractivity contribution in [3.8, 4) is 0 Å². The Morgan fingerprint density at radius 1 is 1.11 bits per heavy atom. The van der Waals surface area contributed by atoms with Crippen LogP contribution in [-0.2, 0) is 28.9 Å². The van der Waals surface area contributed by atoms with Crippen LogP contribution in [0.4, 0.5) is 15.2 Å². The zero-order valence-electron chi connectivity index (χ0n) is 21.2. The zero-order valence-corrected chi connectivity index (χ0v) is 22.0. The molecule has 1 aliphatic rings. The van der Waals surface area contributed by atoms with Crippen LogP contribution in [0.15, 0.2) is 47.8 Å². The number of amides is 1. The largest absolute Gasteiger partial charge is 0.466 e. The van der Waals surface area contributed by atoms with Crippen LogP contribution in [0.3, 0.4) is 0 Å². The van der Waals surface area contributed by atoms with Gasteiger partial charge in [-0.2, -0.15) is 0 Å². The molecule has 8 heteroatoms. The fourth-order valence-electron chi connectivity index (χ4n) is 4.72. The van der Waals surface area contributed by atoms with Crippen molar-refractivity contribution >= 4 is 34.0 Å². The van der Waals surface area contributed by atoms with E-state index >= 15 is 0 Å². The van der Waals surface area contributed by atoms with Gasteiger partial charge in [0, 0.05) is 23.2 Å². The summed E-state index contributed by atoms with van der Waals surface area (Å²) >= 11 is 1.27. The SMILES string of the molecule is CCOC(=O)Cc1csc(NC(=O)c2ccc(CNc3ccc(F)cc3CCC3CCCCC3)cc2)n1. The van der Waals surface area contributed by atoms with Crippen molar-refractivity contribution in [2.24, 2.45) is 5.92 Å². The second-order valence-corrected chi connectivity index (χ2v) is 10.3. The average Bonchev–Trinajstić information content (AvgIpc) is 3.34. The average molecular weight is 524 g/mol. The summed E-state index contributed by atoms with van der Waals surface area (Å²) in [6.07, 6.45) is 8.60. The van der Waals surface area contributed by atoms with Crippen LogP contribution in [-0.4, -0.2) is 23.5 Å². The van der Waals surface area contributed by atoms with Crippen molar-refractivity contribution in [2.75, 3.05) is 17.2 Å². The number of hydrogen-bond acceptors (Lipinski definition) is 6. The molecule has 1 aliphatic carbocycles. The van der Waals surface area contributed by atoms with E-state index in [-0.39, 0.29) is 24.1 Å². The topological polar surface area (TPSA) is 80.3 Å². The number of rotatable bonds is 11. The highest BCUT2D eigenvalue weighted by Crippen LogP contribution is 2.29. The number of benzene rings is 2. The number of aryl methyl sites for hydroxylation is 1. The summed E-state index contributed by atoms with van der Waals surface area (Å²) in [6.45, 7) is 2.65. The molecule has 1 heterocycles. The number of aromatic nitrogens is 1. The van der Waals surface area contributed by atoms with Gasteiger partial charge in [0.1, 0.15) is 5.82 Å². The molecule has 0 spiro atoms. The molecule has 1 fully saturated rings. The number of hydrogen-bond donors (Lipinski definition) is 2. The lowest BCUT2D eigenvalue weighted by Gasteiger charge is -2.22. The van der Waals surface area contributed by atoms with Gasteiger partial charge < -0.3 is 10.1 Å². The molecule has 3 aromatic rings.